The van der Waals surface area contributed by atoms with Crippen LogP contribution in [0.3, 0.4) is 0 Å². The van der Waals surface area contributed by atoms with E-state index in [1.807, 2.05) is 38.1 Å². The molecule has 1 N–H and O–H groups in total. The second kappa shape index (κ2) is 8.48. The fraction of sp³-hybridized carbons (Fsp3) is 0.238. The summed E-state index contributed by atoms with van der Waals surface area (Å²) in [7, 11) is 0. The summed E-state index contributed by atoms with van der Waals surface area (Å²) in [5.74, 6) is -0.290. The Hall–Kier alpha value is -2.47. The van der Waals surface area contributed by atoms with E-state index in [1.165, 1.54) is 12.1 Å². The number of nitrogens with one attached hydrogen (secondary N) is 1. The summed E-state index contributed by atoms with van der Waals surface area (Å²) in [6, 6.07) is 13.9. The van der Waals surface area contributed by atoms with Gasteiger partial charge in [0.25, 0.3) is 0 Å². The van der Waals surface area contributed by atoms with Crippen molar-refractivity contribution in [3.05, 3.63) is 81.8 Å². The van der Waals surface area contributed by atoms with Gasteiger partial charge in [-0.1, -0.05) is 34.1 Å². The molecule has 0 aliphatic carbocycles. The van der Waals surface area contributed by atoms with E-state index in [4.69, 9.17) is 0 Å². The molecule has 1 amide bonds. The molecule has 0 radical (unpaired) electrons. The van der Waals surface area contributed by atoms with Crippen LogP contribution in [0.15, 0.2) is 59.2 Å². The largest absolute Gasteiger partial charge is 0.349 e. The summed E-state index contributed by atoms with van der Waals surface area (Å²) >= 11 is 3.51. The van der Waals surface area contributed by atoms with E-state index in [-0.39, 0.29) is 17.8 Å². The lowest BCUT2D eigenvalue weighted by atomic mass is 10.1. The minimum atomic E-state index is -0.283. The average Bonchev–Trinajstić information content (AvgIpc) is 3.03. The molecule has 0 aliphatic rings. The van der Waals surface area contributed by atoms with Gasteiger partial charge < -0.3 is 5.32 Å². The van der Waals surface area contributed by atoms with Crippen molar-refractivity contribution < 1.29 is 9.18 Å². The standard InChI is InChI=1S/C21H21BrFN3O/c1-14(25-21(27)12-7-16-5-3-4-6-20(16)22)19-13-24-26(15(19)2)18-10-8-17(23)9-11-18/h3-6,8-11,13-14H,7,12H2,1-2H3,(H,25,27). The number of hydrogen-bond acceptors (Lipinski definition) is 2. The Labute approximate surface area is 166 Å². The monoisotopic (exact) mass is 429 g/mol. The molecule has 1 heterocycles. The van der Waals surface area contributed by atoms with Crippen molar-refractivity contribution in [2.45, 2.75) is 32.7 Å². The number of carbonyl (C=O) groups excluding carboxylic acids is 1. The van der Waals surface area contributed by atoms with Crippen LogP contribution in [0.25, 0.3) is 5.69 Å². The first-order chi connectivity index (χ1) is 13.0. The first kappa shape index (κ1) is 19.3. The Balaban J connectivity index is 1.64. The molecule has 3 rings (SSSR count). The van der Waals surface area contributed by atoms with Crippen molar-refractivity contribution >= 4 is 21.8 Å². The van der Waals surface area contributed by atoms with Crippen molar-refractivity contribution in [3.8, 4) is 5.69 Å². The van der Waals surface area contributed by atoms with E-state index < -0.39 is 0 Å². The third kappa shape index (κ3) is 4.63. The predicted molar refractivity (Wildman–Crippen MR) is 107 cm³/mol. The maximum absolute atomic E-state index is 13.1. The highest BCUT2D eigenvalue weighted by Crippen LogP contribution is 2.21. The third-order valence-corrected chi connectivity index (χ3v) is 5.32. The molecule has 0 saturated heterocycles. The van der Waals surface area contributed by atoms with Crippen molar-refractivity contribution in [1.29, 1.82) is 0 Å². The normalized spacial score (nSPS) is 12.0. The topological polar surface area (TPSA) is 46.9 Å². The Bertz CT molecular complexity index is 937. The Morgan fingerprint density at radius 1 is 1.22 bits per heavy atom. The molecule has 27 heavy (non-hydrogen) atoms. The first-order valence-corrected chi connectivity index (χ1v) is 9.58. The minimum Gasteiger partial charge on any atom is -0.349 e. The van der Waals surface area contributed by atoms with E-state index in [0.717, 1.165) is 27.0 Å². The third-order valence-electron chi connectivity index (χ3n) is 4.54. The van der Waals surface area contributed by atoms with Gasteiger partial charge in [-0.05, 0) is 56.2 Å². The lowest BCUT2D eigenvalue weighted by Gasteiger charge is -2.14. The SMILES string of the molecule is Cc1c(C(C)NC(=O)CCc2ccccc2Br)cnn1-c1ccc(F)cc1. The summed E-state index contributed by atoms with van der Waals surface area (Å²) in [4.78, 5) is 12.3. The molecule has 0 aliphatic heterocycles. The summed E-state index contributed by atoms with van der Waals surface area (Å²) in [6.07, 6.45) is 2.84. The van der Waals surface area contributed by atoms with E-state index in [1.54, 1.807) is 23.0 Å². The highest BCUT2D eigenvalue weighted by Gasteiger charge is 2.16. The molecular formula is C21H21BrFN3O. The maximum Gasteiger partial charge on any atom is 0.220 e. The Morgan fingerprint density at radius 2 is 1.93 bits per heavy atom. The zero-order chi connectivity index (χ0) is 19.4. The van der Waals surface area contributed by atoms with Crippen molar-refractivity contribution in [2.75, 3.05) is 0 Å². The number of carbonyl (C=O) groups is 1. The van der Waals surface area contributed by atoms with Crippen LogP contribution < -0.4 is 5.32 Å². The van der Waals surface area contributed by atoms with Crippen LogP contribution in [0.1, 0.15) is 36.2 Å². The van der Waals surface area contributed by atoms with Gasteiger partial charge in [-0.3, -0.25) is 4.79 Å². The van der Waals surface area contributed by atoms with Gasteiger partial charge in [-0.15, -0.1) is 0 Å². The van der Waals surface area contributed by atoms with Gasteiger partial charge in [0, 0.05) is 22.2 Å². The number of amides is 1. The van der Waals surface area contributed by atoms with E-state index in [0.29, 0.717) is 12.8 Å². The van der Waals surface area contributed by atoms with Crippen LogP contribution >= 0.6 is 15.9 Å². The smallest absolute Gasteiger partial charge is 0.220 e. The van der Waals surface area contributed by atoms with Crippen LogP contribution in [0, 0.1) is 12.7 Å². The molecule has 0 fully saturated rings. The summed E-state index contributed by atoms with van der Waals surface area (Å²) in [6.45, 7) is 3.88. The van der Waals surface area contributed by atoms with Crippen LogP contribution in [0.5, 0.6) is 0 Å². The van der Waals surface area contributed by atoms with Crippen LogP contribution in [-0.2, 0) is 11.2 Å². The van der Waals surface area contributed by atoms with E-state index in [9.17, 15) is 9.18 Å². The predicted octanol–water partition coefficient (Wildman–Crippen LogP) is 4.89. The molecule has 0 bridgehead atoms. The van der Waals surface area contributed by atoms with Gasteiger partial charge in [0.05, 0.1) is 17.9 Å². The number of rotatable bonds is 6. The van der Waals surface area contributed by atoms with Crippen LogP contribution in [0.4, 0.5) is 4.39 Å². The fourth-order valence-corrected chi connectivity index (χ4v) is 3.51. The van der Waals surface area contributed by atoms with Gasteiger partial charge in [0.1, 0.15) is 5.82 Å². The average molecular weight is 430 g/mol. The molecule has 4 nitrogen and oxygen atoms in total. The van der Waals surface area contributed by atoms with Gasteiger partial charge in [-0.25, -0.2) is 9.07 Å². The molecule has 3 aromatic rings. The summed E-state index contributed by atoms with van der Waals surface area (Å²) in [5.41, 5.74) is 3.75. The number of hydrogen-bond donors (Lipinski definition) is 1. The Kier molecular flexibility index (Phi) is 6.06. The zero-order valence-corrected chi connectivity index (χ0v) is 16.8. The molecule has 1 atom stereocenters. The van der Waals surface area contributed by atoms with Crippen molar-refractivity contribution in [1.82, 2.24) is 15.1 Å². The van der Waals surface area contributed by atoms with Gasteiger partial charge in [0.15, 0.2) is 0 Å². The molecule has 0 saturated carbocycles. The number of aromatic nitrogens is 2. The van der Waals surface area contributed by atoms with Crippen molar-refractivity contribution in [3.63, 3.8) is 0 Å². The zero-order valence-electron chi connectivity index (χ0n) is 15.2. The highest BCUT2D eigenvalue weighted by atomic mass is 79.9. The first-order valence-electron chi connectivity index (χ1n) is 8.79. The number of aryl methyl sites for hydroxylation is 1. The fourth-order valence-electron chi connectivity index (χ4n) is 3.03. The van der Waals surface area contributed by atoms with Crippen LogP contribution in [0.2, 0.25) is 0 Å². The molecular weight excluding hydrogens is 409 g/mol. The second-order valence-corrected chi connectivity index (χ2v) is 7.31. The lowest BCUT2D eigenvalue weighted by molar-refractivity contribution is -0.121. The molecule has 0 spiro atoms. The Morgan fingerprint density at radius 3 is 2.63 bits per heavy atom. The van der Waals surface area contributed by atoms with Gasteiger partial charge in [0.2, 0.25) is 5.91 Å². The number of halogens is 2. The molecule has 6 heteroatoms. The van der Waals surface area contributed by atoms with E-state index >= 15 is 0 Å². The quantitative estimate of drug-likeness (QED) is 0.605. The maximum atomic E-state index is 13.1. The molecule has 1 aromatic heterocycles. The van der Waals surface area contributed by atoms with Crippen molar-refractivity contribution in [2.24, 2.45) is 0 Å². The lowest BCUT2D eigenvalue weighted by Crippen LogP contribution is -2.27. The van der Waals surface area contributed by atoms with Gasteiger partial charge in [-0.2, -0.15) is 5.10 Å². The summed E-state index contributed by atoms with van der Waals surface area (Å²) < 4.78 is 15.9. The molecule has 140 valence electrons. The second-order valence-electron chi connectivity index (χ2n) is 6.45. The molecule has 1 unspecified atom stereocenters. The highest BCUT2D eigenvalue weighted by molar-refractivity contribution is 9.10. The number of benzene rings is 2. The van der Waals surface area contributed by atoms with Gasteiger partial charge >= 0.3 is 0 Å². The van der Waals surface area contributed by atoms with E-state index in [2.05, 4.69) is 26.3 Å². The van der Waals surface area contributed by atoms with Crippen LogP contribution in [-0.4, -0.2) is 15.7 Å². The summed E-state index contributed by atoms with van der Waals surface area (Å²) in [5, 5.41) is 7.42. The number of nitrogens with zero attached hydrogens (tertiary/aromatic N) is 2. The minimum absolute atomic E-state index is 0.00724. The molecule has 2 aromatic carbocycles.